The van der Waals surface area contributed by atoms with E-state index in [1.54, 1.807) is 0 Å². The third-order valence-electron chi connectivity index (χ3n) is 21.6. The van der Waals surface area contributed by atoms with Gasteiger partial charge < -0.3 is 34.2 Å². The molecule has 0 aliphatic heterocycles. The summed E-state index contributed by atoms with van der Waals surface area (Å²) in [6, 6.07) is 0. The molecule has 0 aromatic heterocycles. The first-order valence-corrected chi connectivity index (χ1v) is 54.1. The second-order valence-electron chi connectivity index (χ2n) is 33.9. The van der Waals surface area contributed by atoms with E-state index in [1.807, 2.05) is 0 Å². The highest BCUT2D eigenvalue weighted by Crippen LogP contribution is 2.45. The number of phosphoric acid groups is 2. The molecule has 5 atom stereocenters. The van der Waals surface area contributed by atoms with E-state index in [2.05, 4.69) is 203 Å². The Bertz CT molecular complexity index is 3040. The fraction of sp³-hybridized carbons (Fsp3) is 0.697. The average Bonchev–Trinajstić information content (AvgIpc) is 0.898. The number of allylic oxidation sites excluding steroid dienone is 30. The number of aliphatic hydroxyl groups is 2. The van der Waals surface area contributed by atoms with Gasteiger partial charge in [0.15, 0.2) is 6.10 Å². The lowest BCUT2D eigenvalue weighted by molar-refractivity contribution is -0.161. The van der Waals surface area contributed by atoms with Crippen LogP contribution in [0.5, 0.6) is 0 Å². The Morgan fingerprint density at radius 3 is 0.661 bits per heavy atom. The summed E-state index contributed by atoms with van der Waals surface area (Å²) in [4.78, 5) is 59.2. The summed E-state index contributed by atoms with van der Waals surface area (Å²) < 4.78 is 61.7. The predicted octanol–water partition coefficient (Wildman–Crippen LogP) is 32.3. The molecule has 18 heteroatoms. The van der Waals surface area contributed by atoms with Crippen LogP contribution in [0.2, 0.25) is 0 Å². The highest BCUT2D eigenvalue weighted by atomic mass is 31.2. The van der Waals surface area contributed by atoms with Crippen molar-refractivity contribution in [1.29, 1.82) is 0 Å². The number of esters is 3. The number of ether oxygens (including phenoxy) is 3. The molecule has 0 aromatic carbocycles. The minimum absolute atomic E-state index is 0.0956. The van der Waals surface area contributed by atoms with Crippen LogP contribution in [-0.2, 0) is 55.8 Å². The van der Waals surface area contributed by atoms with Gasteiger partial charge in [-0.1, -0.05) is 434 Å². The fourth-order valence-electron chi connectivity index (χ4n) is 13.9. The quantitative estimate of drug-likeness (QED) is 0.0146. The normalized spacial score (nSPS) is 14.4. The zero-order valence-corrected chi connectivity index (χ0v) is 82.4. The van der Waals surface area contributed by atoms with E-state index in [1.165, 1.54) is 199 Å². The maximum absolute atomic E-state index is 13.1. The van der Waals surface area contributed by atoms with Crippen LogP contribution in [0.25, 0.3) is 0 Å². The Labute approximate surface area is 776 Å². The Morgan fingerprint density at radius 1 is 0.228 bits per heavy atom. The summed E-state index contributed by atoms with van der Waals surface area (Å²) in [6.07, 6.45) is 132. The van der Waals surface area contributed by atoms with Crippen LogP contribution in [0, 0.1) is 0 Å². The second-order valence-corrected chi connectivity index (χ2v) is 36.8. The third-order valence-corrected chi connectivity index (χ3v) is 23.5. The van der Waals surface area contributed by atoms with E-state index in [4.69, 9.17) is 32.3 Å². The molecule has 127 heavy (non-hydrogen) atoms. The van der Waals surface area contributed by atoms with Crippen molar-refractivity contribution in [3.63, 3.8) is 0 Å². The molecule has 0 heterocycles. The van der Waals surface area contributed by atoms with Crippen LogP contribution in [0.3, 0.4) is 0 Å². The molecule has 4 N–H and O–H groups in total. The second kappa shape index (κ2) is 99.7. The number of hydrogen-bond donors (Lipinski definition) is 4. The molecule has 0 fully saturated rings. The van der Waals surface area contributed by atoms with E-state index in [9.17, 15) is 43.5 Å². The van der Waals surface area contributed by atoms with E-state index in [0.29, 0.717) is 19.3 Å². The van der Waals surface area contributed by atoms with Crippen molar-refractivity contribution < 1.29 is 75.8 Å². The summed E-state index contributed by atoms with van der Waals surface area (Å²) in [5.74, 6) is -1.57. The Hall–Kier alpha value is -5.35. The molecule has 16 nitrogen and oxygen atoms in total. The number of phosphoric ester groups is 2. The van der Waals surface area contributed by atoms with E-state index >= 15 is 0 Å². The SMILES string of the molecule is CC/C=C\C/C=C\C/C=C\C/C=C\C/C=C\C/C=C\CCCCCCCCCCCCCCC(=O)OCC(COP(=O)(O)OCC(O)COP(=O)(O)OCC(O)COC(=O)CCCCCCCCCCCCCCCCCCC/C=C\C/C=C\C/C=C\C/C=C\CCCCC)OC(=O)CCCCCCCCCCCCC/C=C\C/C=C\C/C=C\C/C=C\C/C=C\CC. The molecule has 0 spiro atoms. The van der Waals surface area contributed by atoms with E-state index < -0.39 is 91.5 Å². The van der Waals surface area contributed by atoms with Crippen molar-refractivity contribution in [2.75, 3.05) is 39.6 Å². The summed E-state index contributed by atoms with van der Waals surface area (Å²) in [6.45, 7) is 2.49. The Kier molecular flexibility index (Phi) is 95.5. The lowest BCUT2D eigenvalue weighted by Gasteiger charge is -2.21. The van der Waals surface area contributed by atoms with Gasteiger partial charge in [-0.05, 0) is 161 Å². The standard InChI is InChI=1S/C109H186O16P2/c1-4-7-10-13-16-19-22-25-28-31-34-37-40-43-46-48-50-51-53-55-57-59-62-65-68-71-74-77-80-83-86-89-92-95-107(112)119-98-104(110)99-121-126(115,116)122-100-105(111)101-123-127(117,118)124-103-106(125-109(114)97-94-91-88-85-82-79-76-73-70-67-64-61-56-45-42-39-36-33-30-27-24-21-18-15-12-9-6-3)102-120-108(113)96-93-90-87-84-81-78-75-72-69-66-63-60-58-54-52-49-47-44-41-38-35-32-29-26-23-20-17-14-11-8-5-2/h8-9,11-12,16-21,25-30,34-39,43-47,52,54,56,104-106,110-111H,4-7,10,13-15,22-24,31-33,40-42,48-51,53,55,57-103H2,1-3H3,(H,115,116)(H,117,118)/b11-8-,12-9-,19-16-,20-17-,21-18-,28-25-,29-26-,30-27-,37-34-,38-35-,39-36-,46-43-,47-44-,54-52-,56-45-. The fourth-order valence-corrected chi connectivity index (χ4v) is 15.5. The number of carbonyl (C=O) groups excluding carboxylic acids is 3. The minimum atomic E-state index is -4.95. The van der Waals surface area contributed by atoms with Crippen LogP contribution in [0.1, 0.15) is 432 Å². The summed E-state index contributed by atoms with van der Waals surface area (Å²) >= 11 is 0. The van der Waals surface area contributed by atoms with Crippen molar-refractivity contribution in [2.24, 2.45) is 0 Å². The van der Waals surface area contributed by atoms with Gasteiger partial charge in [-0.15, -0.1) is 0 Å². The summed E-state index contributed by atoms with van der Waals surface area (Å²) in [5.41, 5.74) is 0. The van der Waals surface area contributed by atoms with Gasteiger partial charge in [0, 0.05) is 19.3 Å². The molecule has 0 aliphatic carbocycles. The summed E-state index contributed by atoms with van der Waals surface area (Å²) in [7, 11) is -9.82. The first-order chi connectivity index (χ1) is 62.2. The zero-order valence-electron chi connectivity index (χ0n) is 80.6. The monoisotopic (exact) mass is 1810 g/mol. The third kappa shape index (κ3) is 101. The topological polar surface area (TPSA) is 231 Å². The van der Waals surface area contributed by atoms with E-state index in [-0.39, 0.29) is 19.3 Å². The van der Waals surface area contributed by atoms with Crippen LogP contribution >= 0.6 is 15.6 Å². The van der Waals surface area contributed by atoms with Gasteiger partial charge in [0.25, 0.3) is 0 Å². The van der Waals surface area contributed by atoms with Gasteiger partial charge in [-0.25, -0.2) is 9.13 Å². The first kappa shape index (κ1) is 122. The predicted molar refractivity (Wildman–Crippen MR) is 537 cm³/mol. The number of aliphatic hydroxyl groups excluding tert-OH is 2. The van der Waals surface area contributed by atoms with Crippen LogP contribution in [-0.4, -0.2) is 95.9 Å². The molecular formula is C109H186O16P2. The van der Waals surface area contributed by atoms with Crippen LogP contribution in [0.4, 0.5) is 0 Å². The molecule has 0 bridgehead atoms. The molecule has 0 saturated heterocycles. The molecule has 0 saturated carbocycles. The largest absolute Gasteiger partial charge is 0.472 e. The molecule has 0 amide bonds. The van der Waals surface area contributed by atoms with Gasteiger partial charge in [-0.3, -0.25) is 32.5 Å². The van der Waals surface area contributed by atoms with Crippen molar-refractivity contribution in [1.82, 2.24) is 0 Å². The molecule has 5 unspecified atom stereocenters. The molecule has 0 radical (unpaired) electrons. The van der Waals surface area contributed by atoms with Crippen molar-refractivity contribution in [3.05, 3.63) is 182 Å². The highest BCUT2D eigenvalue weighted by molar-refractivity contribution is 7.47. The van der Waals surface area contributed by atoms with Gasteiger partial charge in [-0.2, -0.15) is 0 Å². The lowest BCUT2D eigenvalue weighted by Crippen LogP contribution is -2.30. The number of hydrogen-bond acceptors (Lipinski definition) is 14. The van der Waals surface area contributed by atoms with Crippen molar-refractivity contribution in [2.45, 2.75) is 450 Å². The zero-order chi connectivity index (χ0) is 92.1. The minimum Gasteiger partial charge on any atom is -0.463 e. The van der Waals surface area contributed by atoms with Gasteiger partial charge in [0.05, 0.1) is 26.4 Å². The molecule has 0 rings (SSSR count). The lowest BCUT2D eigenvalue weighted by atomic mass is 10.0. The van der Waals surface area contributed by atoms with Gasteiger partial charge in [0.1, 0.15) is 25.4 Å². The van der Waals surface area contributed by atoms with Crippen LogP contribution in [0.15, 0.2) is 182 Å². The number of unbranched alkanes of at least 4 members (excludes halogenated alkanes) is 43. The van der Waals surface area contributed by atoms with Crippen molar-refractivity contribution >= 4 is 33.6 Å². The molecule has 0 aromatic rings. The van der Waals surface area contributed by atoms with Gasteiger partial charge in [0.2, 0.25) is 0 Å². The van der Waals surface area contributed by atoms with Crippen molar-refractivity contribution in [3.8, 4) is 0 Å². The molecule has 0 aliphatic rings. The number of rotatable bonds is 96. The smallest absolute Gasteiger partial charge is 0.463 e. The maximum atomic E-state index is 13.1. The highest BCUT2D eigenvalue weighted by Gasteiger charge is 2.30. The Balaban J connectivity index is 4.62. The summed E-state index contributed by atoms with van der Waals surface area (Å²) in [5, 5.41) is 20.8. The molecule has 728 valence electrons. The van der Waals surface area contributed by atoms with E-state index in [0.717, 1.165) is 173 Å². The molecular weight excluding hydrogens is 1630 g/mol. The Morgan fingerprint density at radius 2 is 0.417 bits per heavy atom. The maximum Gasteiger partial charge on any atom is 0.472 e. The van der Waals surface area contributed by atoms with Gasteiger partial charge >= 0.3 is 33.6 Å². The first-order valence-electron chi connectivity index (χ1n) is 51.1. The average molecular weight is 1810 g/mol. The number of carbonyl (C=O) groups is 3. The van der Waals surface area contributed by atoms with Crippen LogP contribution < -0.4 is 0 Å².